The summed E-state index contributed by atoms with van der Waals surface area (Å²) in [7, 11) is -2.29. The van der Waals surface area contributed by atoms with Crippen LogP contribution in [-0.2, 0) is 11.3 Å². The van der Waals surface area contributed by atoms with Gasteiger partial charge in [0.25, 0.3) is 0 Å². The minimum absolute atomic E-state index is 0.0202. The van der Waals surface area contributed by atoms with E-state index in [-0.39, 0.29) is 18.8 Å². The van der Waals surface area contributed by atoms with E-state index < -0.39 is 19.4 Å². The molecule has 0 N–H and O–H groups in total. The number of benzene rings is 4. The number of halogens is 3. The highest BCUT2D eigenvalue weighted by atomic mass is 31.2. The third kappa shape index (κ3) is 5.61. The molecule has 0 amide bonds. The Morgan fingerprint density at radius 1 is 0.632 bits per heavy atom. The molecule has 0 saturated heterocycles. The molecule has 0 bridgehead atoms. The Labute approximate surface area is 222 Å². The van der Waals surface area contributed by atoms with E-state index in [1.54, 1.807) is 0 Å². The van der Waals surface area contributed by atoms with Crippen molar-refractivity contribution in [1.82, 2.24) is 0 Å². The standard InChI is InChI=1S/C33H29F3OP/c34-33(35,36)31-23-27(21-22-32(31)37-24-26-13-5-1-6-14-26)25-38(28-15-7-2-8-16-28,29-17-9-3-10-18-29)30-19-11-4-12-20-30/h1-22,31H,23-25H2/q+1. The first-order valence-electron chi connectivity index (χ1n) is 12.6. The molecule has 192 valence electrons. The Hall–Kier alpha value is -3.62. The maximum absolute atomic E-state index is 14.4. The maximum Gasteiger partial charge on any atom is 0.399 e. The van der Waals surface area contributed by atoms with Gasteiger partial charge in [-0.15, -0.1) is 0 Å². The van der Waals surface area contributed by atoms with E-state index in [9.17, 15) is 13.2 Å². The van der Waals surface area contributed by atoms with Crippen LogP contribution in [-0.4, -0.2) is 12.3 Å². The summed E-state index contributed by atoms with van der Waals surface area (Å²) in [5, 5.41) is 3.45. The Kier molecular flexibility index (Phi) is 7.81. The van der Waals surface area contributed by atoms with Crippen LogP contribution in [0.3, 0.4) is 0 Å². The van der Waals surface area contributed by atoms with E-state index in [0.717, 1.165) is 27.1 Å². The van der Waals surface area contributed by atoms with Crippen LogP contribution < -0.4 is 15.9 Å². The van der Waals surface area contributed by atoms with Crippen molar-refractivity contribution >= 4 is 23.2 Å². The van der Waals surface area contributed by atoms with Crippen molar-refractivity contribution in [2.45, 2.75) is 19.2 Å². The molecule has 5 rings (SSSR count). The summed E-state index contributed by atoms with van der Waals surface area (Å²) < 4.78 is 48.8. The molecule has 1 aliphatic carbocycles. The van der Waals surface area contributed by atoms with Gasteiger partial charge in [-0.05, 0) is 60.0 Å². The van der Waals surface area contributed by atoms with Gasteiger partial charge in [0.2, 0.25) is 0 Å². The molecule has 1 atom stereocenters. The largest absolute Gasteiger partial charge is 0.493 e. The lowest BCUT2D eigenvalue weighted by atomic mass is 9.92. The lowest BCUT2D eigenvalue weighted by molar-refractivity contribution is -0.174. The zero-order valence-corrected chi connectivity index (χ0v) is 21.8. The van der Waals surface area contributed by atoms with Crippen LogP contribution in [0.1, 0.15) is 12.0 Å². The summed E-state index contributed by atoms with van der Waals surface area (Å²) in [5.41, 5.74) is 1.62. The van der Waals surface area contributed by atoms with E-state index in [0.29, 0.717) is 6.16 Å². The van der Waals surface area contributed by atoms with Crippen LogP contribution in [0.5, 0.6) is 0 Å². The monoisotopic (exact) mass is 529 g/mol. The maximum atomic E-state index is 14.4. The van der Waals surface area contributed by atoms with Crippen molar-refractivity contribution in [2.24, 2.45) is 5.92 Å². The van der Waals surface area contributed by atoms with E-state index in [4.69, 9.17) is 4.74 Å². The summed E-state index contributed by atoms with van der Waals surface area (Å²) in [6, 6.07) is 40.0. The second-order valence-electron chi connectivity index (χ2n) is 9.44. The summed E-state index contributed by atoms with van der Waals surface area (Å²) in [5.74, 6) is -1.69. The summed E-state index contributed by atoms with van der Waals surface area (Å²) in [6.07, 6.45) is -0.602. The second-order valence-corrected chi connectivity index (χ2v) is 12.9. The normalized spacial score (nSPS) is 15.9. The first-order chi connectivity index (χ1) is 18.5. The van der Waals surface area contributed by atoms with Crippen molar-refractivity contribution in [2.75, 3.05) is 6.16 Å². The quantitative estimate of drug-likeness (QED) is 0.214. The molecule has 1 nitrogen and oxygen atoms in total. The van der Waals surface area contributed by atoms with Gasteiger partial charge in [0.05, 0.1) is 6.16 Å². The molecule has 0 aromatic heterocycles. The van der Waals surface area contributed by atoms with Crippen LogP contribution in [0.2, 0.25) is 0 Å². The minimum Gasteiger partial charge on any atom is -0.493 e. The van der Waals surface area contributed by atoms with Gasteiger partial charge < -0.3 is 4.74 Å². The number of hydrogen-bond acceptors (Lipinski definition) is 1. The van der Waals surface area contributed by atoms with E-state index in [1.165, 1.54) is 6.08 Å². The average Bonchev–Trinajstić information content (AvgIpc) is 2.96. The van der Waals surface area contributed by atoms with Gasteiger partial charge in [-0.25, -0.2) is 0 Å². The lowest BCUT2D eigenvalue weighted by Crippen LogP contribution is -2.35. The first-order valence-corrected chi connectivity index (χ1v) is 14.6. The Bertz CT molecular complexity index is 1290. The Morgan fingerprint density at radius 2 is 1.08 bits per heavy atom. The van der Waals surface area contributed by atoms with Crippen molar-refractivity contribution < 1.29 is 17.9 Å². The fourth-order valence-electron chi connectivity index (χ4n) is 5.10. The van der Waals surface area contributed by atoms with Gasteiger partial charge in [0.15, 0.2) is 0 Å². The van der Waals surface area contributed by atoms with Gasteiger partial charge in [-0.3, -0.25) is 0 Å². The van der Waals surface area contributed by atoms with Crippen LogP contribution in [0, 0.1) is 5.92 Å². The molecule has 4 aromatic carbocycles. The molecule has 4 aromatic rings. The Balaban J connectivity index is 1.57. The highest BCUT2D eigenvalue weighted by molar-refractivity contribution is 7.95. The van der Waals surface area contributed by atoms with Gasteiger partial charge in [0.1, 0.15) is 41.5 Å². The van der Waals surface area contributed by atoms with Crippen molar-refractivity contribution in [3.63, 3.8) is 0 Å². The second kappa shape index (κ2) is 11.4. The van der Waals surface area contributed by atoms with Gasteiger partial charge >= 0.3 is 6.18 Å². The topological polar surface area (TPSA) is 9.23 Å². The molecule has 38 heavy (non-hydrogen) atoms. The summed E-state index contributed by atoms with van der Waals surface area (Å²) in [6.45, 7) is 0.109. The molecule has 0 radical (unpaired) electrons. The third-order valence-corrected chi connectivity index (χ3v) is 11.4. The molecule has 0 aliphatic heterocycles. The van der Waals surface area contributed by atoms with Crippen LogP contribution >= 0.6 is 7.26 Å². The molecule has 5 heteroatoms. The van der Waals surface area contributed by atoms with Crippen molar-refractivity contribution in [3.8, 4) is 0 Å². The zero-order chi connectivity index (χ0) is 26.4. The molecular formula is C33H29F3OP+. The SMILES string of the molecule is FC(F)(F)C1CC(C[P+](c2ccccc2)(c2ccccc2)c2ccccc2)=CC=C1OCc1ccccc1. The number of ether oxygens (including phenoxy) is 1. The molecule has 1 aliphatic rings. The van der Waals surface area contributed by atoms with Crippen molar-refractivity contribution in [3.05, 3.63) is 150 Å². The number of allylic oxidation sites excluding steroid dienone is 4. The highest BCUT2D eigenvalue weighted by Crippen LogP contribution is 2.58. The predicted molar refractivity (Wildman–Crippen MR) is 152 cm³/mol. The van der Waals surface area contributed by atoms with Gasteiger partial charge in [-0.1, -0.05) is 91.0 Å². The van der Waals surface area contributed by atoms with Crippen LogP contribution in [0.25, 0.3) is 0 Å². The zero-order valence-electron chi connectivity index (χ0n) is 20.9. The molecular weight excluding hydrogens is 500 g/mol. The third-order valence-electron chi connectivity index (χ3n) is 6.97. The average molecular weight is 530 g/mol. The molecule has 0 heterocycles. The van der Waals surface area contributed by atoms with Crippen LogP contribution in [0.15, 0.2) is 145 Å². The lowest BCUT2D eigenvalue weighted by Gasteiger charge is -2.32. The molecule has 1 unspecified atom stereocenters. The molecule has 0 saturated carbocycles. The smallest absolute Gasteiger partial charge is 0.399 e. The Morgan fingerprint density at radius 3 is 1.53 bits per heavy atom. The van der Waals surface area contributed by atoms with Crippen molar-refractivity contribution in [1.29, 1.82) is 0 Å². The summed E-state index contributed by atoms with van der Waals surface area (Å²) >= 11 is 0. The first kappa shape index (κ1) is 26.0. The van der Waals surface area contributed by atoms with E-state index in [2.05, 4.69) is 36.4 Å². The van der Waals surface area contributed by atoms with Gasteiger partial charge in [-0.2, -0.15) is 13.2 Å². The fourth-order valence-corrected chi connectivity index (χ4v) is 9.43. The van der Waals surface area contributed by atoms with Crippen LogP contribution in [0.4, 0.5) is 13.2 Å². The molecule has 0 fully saturated rings. The molecule has 0 spiro atoms. The minimum atomic E-state index is -4.41. The van der Waals surface area contributed by atoms with E-state index >= 15 is 0 Å². The summed E-state index contributed by atoms with van der Waals surface area (Å²) in [4.78, 5) is 0. The number of hydrogen-bond donors (Lipinski definition) is 0. The number of rotatable bonds is 8. The fraction of sp³-hybridized carbons (Fsp3) is 0.152. The predicted octanol–water partition coefficient (Wildman–Crippen LogP) is 7.59. The highest BCUT2D eigenvalue weighted by Gasteiger charge is 2.49. The number of alkyl halides is 3. The van der Waals surface area contributed by atoms with E-state index in [1.807, 2.05) is 91.0 Å². The van der Waals surface area contributed by atoms with Gasteiger partial charge in [0, 0.05) is 0 Å².